The van der Waals surface area contributed by atoms with E-state index in [0.29, 0.717) is 35.7 Å². The Labute approximate surface area is 156 Å². The molecule has 0 spiro atoms. The summed E-state index contributed by atoms with van der Waals surface area (Å²) in [6, 6.07) is 9.50. The smallest absolute Gasteiger partial charge is 0.277 e. The molecule has 1 aromatic carbocycles. The maximum absolute atomic E-state index is 12.5. The summed E-state index contributed by atoms with van der Waals surface area (Å²) in [7, 11) is 1.50. The summed E-state index contributed by atoms with van der Waals surface area (Å²) in [4.78, 5) is 31.8. The molecule has 3 heterocycles. The van der Waals surface area contributed by atoms with Crippen molar-refractivity contribution in [3.63, 3.8) is 0 Å². The standard InChI is InChI=1S/C18H16N4O3.CH5N/c23-9-8-22-11-20-14-7-6-13(21-16(14)18(22)24)15-10-19-17(25-15)12-4-2-1-3-5-12;1-2/h1-5,9-11,13,21H,6-8H2;2H2,1H3. The third kappa shape index (κ3) is 3.80. The van der Waals surface area contributed by atoms with E-state index in [1.807, 2.05) is 30.3 Å². The molecular weight excluding hydrogens is 346 g/mol. The first-order valence-corrected chi connectivity index (χ1v) is 8.63. The van der Waals surface area contributed by atoms with Crippen LogP contribution in [0, 0.1) is 0 Å². The number of hydrogen-bond acceptors (Lipinski definition) is 7. The molecule has 0 aliphatic carbocycles. The summed E-state index contributed by atoms with van der Waals surface area (Å²) in [5, 5.41) is 3.20. The molecule has 0 radical (unpaired) electrons. The second-order valence-corrected chi connectivity index (χ2v) is 5.86. The van der Waals surface area contributed by atoms with Crippen LogP contribution < -0.4 is 16.6 Å². The van der Waals surface area contributed by atoms with Gasteiger partial charge in [-0.3, -0.25) is 9.36 Å². The maximum atomic E-state index is 12.5. The minimum Gasteiger partial charge on any atom is -0.439 e. The number of aromatic nitrogens is 3. The number of aldehydes is 1. The lowest BCUT2D eigenvalue weighted by Crippen LogP contribution is -2.30. The molecular formula is C19H21N5O3. The fourth-order valence-electron chi connectivity index (χ4n) is 2.97. The second kappa shape index (κ2) is 8.41. The summed E-state index contributed by atoms with van der Waals surface area (Å²) in [6.07, 6.45) is 5.19. The molecule has 1 aliphatic heterocycles. The van der Waals surface area contributed by atoms with E-state index in [4.69, 9.17) is 4.42 Å². The van der Waals surface area contributed by atoms with Crippen LogP contribution in [-0.2, 0) is 17.8 Å². The van der Waals surface area contributed by atoms with Crippen molar-refractivity contribution < 1.29 is 9.21 Å². The van der Waals surface area contributed by atoms with Crippen LogP contribution in [0.2, 0.25) is 0 Å². The molecule has 8 nitrogen and oxygen atoms in total. The van der Waals surface area contributed by atoms with Gasteiger partial charge >= 0.3 is 0 Å². The zero-order chi connectivity index (χ0) is 19.2. The third-order valence-electron chi connectivity index (χ3n) is 4.26. The topological polar surface area (TPSA) is 116 Å². The van der Waals surface area contributed by atoms with E-state index in [0.717, 1.165) is 12.0 Å². The van der Waals surface area contributed by atoms with Crippen LogP contribution >= 0.6 is 0 Å². The predicted octanol–water partition coefficient (Wildman–Crippen LogP) is 1.77. The van der Waals surface area contributed by atoms with Crippen LogP contribution in [0.15, 0.2) is 52.1 Å². The van der Waals surface area contributed by atoms with Crippen LogP contribution in [0.3, 0.4) is 0 Å². The van der Waals surface area contributed by atoms with E-state index in [2.05, 4.69) is 21.0 Å². The summed E-state index contributed by atoms with van der Waals surface area (Å²) in [5.74, 6) is 1.22. The first-order chi connectivity index (χ1) is 13.3. The van der Waals surface area contributed by atoms with E-state index < -0.39 is 0 Å². The lowest BCUT2D eigenvalue weighted by molar-refractivity contribution is -0.108. The van der Waals surface area contributed by atoms with E-state index in [1.165, 1.54) is 17.9 Å². The molecule has 1 unspecified atom stereocenters. The molecule has 1 aliphatic rings. The Morgan fingerprint density at radius 1 is 1.30 bits per heavy atom. The van der Waals surface area contributed by atoms with Crippen LogP contribution in [0.5, 0.6) is 0 Å². The van der Waals surface area contributed by atoms with Gasteiger partial charge in [0.25, 0.3) is 5.56 Å². The fourth-order valence-corrected chi connectivity index (χ4v) is 2.97. The van der Waals surface area contributed by atoms with Gasteiger partial charge in [-0.05, 0) is 32.0 Å². The van der Waals surface area contributed by atoms with Gasteiger partial charge < -0.3 is 20.3 Å². The van der Waals surface area contributed by atoms with Crippen molar-refractivity contribution >= 4 is 12.0 Å². The molecule has 3 aromatic rings. The van der Waals surface area contributed by atoms with Gasteiger partial charge in [-0.15, -0.1) is 0 Å². The van der Waals surface area contributed by atoms with Gasteiger partial charge in [0.05, 0.1) is 30.8 Å². The number of fused-ring (bicyclic) bond motifs is 1. The highest BCUT2D eigenvalue weighted by Gasteiger charge is 2.26. The van der Waals surface area contributed by atoms with Crippen LogP contribution in [0.4, 0.5) is 5.69 Å². The van der Waals surface area contributed by atoms with Crippen molar-refractivity contribution in [1.82, 2.24) is 14.5 Å². The van der Waals surface area contributed by atoms with E-state index in [-0.39, 0.29) is 18.1 Å². The number of aryl methyl sites for hydroxylation is 1. The highest BCUT2D eigenvalue weighted by atomic mass is 16.4. The molecule has 0 amide bonds. The largest absolute Gasteiger partial charge is 0.439 e. The van der Waals surface area contributed by atoms with Crippen LogP contribution in [0.1, 0.15) is 23.9 Å². The van der Waals surface area contributed by atoms with Gasteiger partial charge in [-0.2, -0.15) is 0 Å². The Kier molecular flexibility index (Phi) is 5.77. The van der Waals surface area contributed by atoms with Crippen LogP contribution in [-0.4, -0.2) is 27.9 Å². The van der Waals surface area contributed by atoms with Crippen molar-refractivity contribution in [3.8, 4) is 11.5 Å². The molecule has 4 rings (SSSR count). The lowest BCUT2D eigenvalue weighted by atomic mass is 10.0. The van der Waals surface area contributed by atoms with Gasteiger partial charge in [0.2, 0.25) is 5.89 Å². The number of benzene rings is 1. The third-order valence-corrected chi connectivity index (χ3v) is 4.26. The van der Waals surface area contributed by atoms with E-state index in [9.17, 15) is 9.59 Å². The van der Waals surface area contributed by atoms with Crippen molar-refractivity contribution in [2.45, 2.75) is 25.4 Å². The monoisotopic (exact) mass is 367 g/mol. The number of anilines is 1. The Balaban J connectivity index is 0.00000102. The molecule has 0 bridgehead atoms. The number of carbonyl (C=O) groups excluding carboxylic acids is 1. The first-order valence-electron chi connectivity index (χ1n) is 8.63. The summed E-state index contributed by atoms with van der Waals surface area (Å²) >= 11 is 0. The molecule has 3 N–H and O–H groups in total. The highest BCUT2D eigenvalue weighted by molar-refractivity contribution is 5.54. The molecule has 0 fully saturated rings. The first kappa shape index (κ1) is 18.5. The molecule has 8 heteroatoms. The SMILES string of the molecule is CN.O=CCn1cnc2c(c1=O)NC(c1cnc(-c3ccccc3)o1)CC2. The quantitative estimate of drug-likeness (QED) is 0.675. The molecule has 1 atom stereocenters. The summed E-state index contributed by atoms with van der Waals surface area (Å²) in [5.41, 5.74) is 6.30. The van der Waals surface area contributed by atoms with Crippen molar-refractivity contribution in [1.29, 1.82) is 0 Å². The number of rotatable bonds is 4. The molecule has 0 saturated carbocycles. The van der Waals surface area contributed by atoms with E-state index in [1.54, 1.807) is 6.20 Å². The Morgan fingerprint density at radius 2 is 2.07 bits per heavy atom. The van der Waals surface area contributed by atoms with Crippen LogP contribution in [0.25, 0.3) is 11.5 Å². The average molecular weight is 367 g/mol. The van der Waals surface area contributed by atoms with Gasteiger partial charge in [-0.25, -0.2) is 9.97 Å². The molecule has 27 heavy (non-hydrogen) atoms. The summed E-state index contributed by atoms with van der Waals surface area (Å²) < 4.78 is 7.17. The maximum Gasteiger partial charge on any atom is 0.277 e. The van der Waals surface area contributed by atoms with Gasteiger partial charge in [0.15, 0.2) is 0 Å². The number of nitrogens with two attached hydrogens (primary N) is 1. The number of carbonyl (C=O) groups is 1. The Morgan fingerprint density at radius 3 is 2.81 bits per heavy atom. The zero-order valence-electron chi connectivity index (χ0n) is 15.0. The van der Waals surface area contributed by atoms with Gasteiger partial charge in [0.1, 0.15) is 17.7 Å². The zero-order valence-corrected chi connectivity index (χ0v) is 15.0. The van der Waals surface area contributed by atoms with E-state index >= 15 is 0 Å². The highest BCUT2D eigenvalue weighted by Crippen LogP contribution is 2.31. The summed E-state index contributed by atoms with van der Waals surface area (Å²) in [6.45, 7) is -0.00801. The number of oxazole rings is 1. The number of nitrogens with zero attached hydrogens (tertiary/aromatic N) is 3. The number of nitrogens with one attached hydrogen (secondary N) is 1. The predicted molar refractivity (Wildman–Crippen MR) is 101 cm³/mol. The lowest BCUT2D eigenvalue weighted by Gasteiger charge is -2.24. The molecule has 0 saturated heterocycles. The average Bonchev–Trinajstić information content (AvgIpc) is 3.23. The number of hydrogen-bond donors (Lipinski definition) is 2. The van der Waals surface area contributed by atoms with Crippen molar-refractivity contribution in [2.75, 3.05) is 12.4 Å². The second-order valence-electron chi connectivity index (χ2n) is 5.86. The minimum atomic E-state index is -0.246. The van der Waals surface area contributed by atoms with Gasteiger partial charge in [0, 0.05) is 5.56 Å². The van der Waals surface area contributed by atoms with Crippen molar-refractivity contribution in [3.05, 3.63) is 64.7 Å². The molecule has 140 valence electrons. The van der Waals surface area contributed by atoms with Crippen molar-refractivity contribution in [2.24, 2.45) is 5.73 Å². The normalized spacial score (nSPS) is 15.1. The Bertz CT molecular complexity index is 965. The fraction of sp³-hybridized carbons (Fsp3) is 0.263. The Hall–Kier alpha value is -3.26. The molecule has 2 aromatic heterocycles. The van der Waals surface area contributed by atoms with Gasteiger partial charge in [-0.1, -0.05) is 18.2 Å². The minimum absolute atomic E-state index is 0.00801.